The molecule has 76 heavy (non-hydrogen) atoms. The largest absolute Gasteiger partial charge is 0.457 e. The average Bonchev–Trinajstić information content (AvgIpc) is 3.51. The van der Waals surface area contributed by atoms with Crippen LogP contribution in [0.5, 0.6) is 23.0 Å². The van der Waals surface area contributed by atoms with Gasteiger partial charge in [0.15, 0.2) is 0 Å². The summed E-state index contributed by atoms with van der Waals surface area (Å²) in [6.45, 7) is 0. The van der Waals surface area contributed by atoms with Crippen molar-refractivity contribution in [3.63, 3.8) is 0 Å². The monoisotopic (exact) mass is 968 g/mol. The normalized spacial score (nSPS) is 13.7. The highest BCUT2D eigenvalue weighted by Crippen LogP contribution is 2.60. The van der Waals surface area contributed by atoms with E-state index in [4.69, 9.17) is 9.47 Å². The van der Waals surface area contributed by atoms with Crippen molar-refractivity contribution >= 4 is 32.3 Å². The van der Waals surface area contributed by atoms with Crippen LogP contribution in [0.15, 0.2) is 291 Å². The van der Waals surface area contributed by atoms with Crippen molar-refractivity contribution in [2.45, 2.75) is 10.8 Å². The minimum Gasteiger partial charge on any atom is -0.457 e. The van der Waals surface area contributed by atoms with Crippen LogP contribution in [-0.4, -0.2) is 0 Å². The lowest BCUT2D eigenvalue weighted by Crippen LogP contribution is -2.34. The minimum absolute atomic E-state index is 0.668. The lowest BCUT2D eigenvalue weighted by Gasteiger charge is -2.42. The summed E-state index contributed by atoms with van der Waals surface area (Å²) in [6, 6.07) is 106. The molecular formula is C74H48O2. The molecule has 0 spiro atoms. The Kier molecular flexibility index (Phi) is 10.0. The van der Waals surface area contributed by atoms with Gasteiger partial charge in [0.1, 0.15) is 23.0 Å². The van der Waals surface area contributed by atoms with Gasteiger partial charge in [-0.05, 0) is 124 Å². The van der Waals surface area contributed by atoms with Gasteiger partial charge in [-0.2, -0.15) is 0 Å². The number of ether oxygens (including phenoxy) is 2. The quantitative estimate of drug-likeness (QED) is 0.148. The molecule has 2 aliphatic heterocycles. The minimum atomic E-state index is -0.722. The molecule has 0 N–H and O–H groups in total. The zero-order valence-corrected chi connectivity index (χ0v) is 41.5. The van der Waals surface area contributed by atoms with E-state index < -0.39 is 10.8 Å². The van der Waals surface area contributed by atoms with Crippen molar-refractivity contribution in [2.75, 3.05) is 0 Å². The van der Waals surface area contributed by atoms with Crippen molar-refractivity contribution in [3.8, 4) is 56.4 Å². The third kappa shape index (κ3) is 6.41. The summed E-state index contributed by atoms with van der Waals surface area (Å²) in [4.78, 5) is 0. The molecule has 356 valence electrons. The molecule has 0 atom stereocenters. The molecule has 0 saturated heterocycles. The first-order valence-electron chi connectivity index (χ1n) is 26.2. The molecule has 0 amide bonds. The highest BCUT2D eigenvalue weighted by molar-refractivity contribution is 6.21. The van der Waals surface area contributed by atoms with Gasteiger partial charge in [0, 0.05) is 22.3 Å². The van der Waals surface area contributed by atoms with Gasteiger partial charge in [-0.3, -0.25) is 0 Å². The Balaban J connectivity index is 1.05. The maximum Gasteiger partial charge on any atom is 0.132 e. The van der Waals surface area contributed by atoms with Crippen LogP contribution in [0.4, 0.5) is 0 Å². The van der Waals surface area contributed by atoms with Crippen LogP contribution in [0.3, 0.4) is 0 Å². The molecule has 2 aliphatic rings. The predicted molar refractivity (Wildman–Crippen MR) is 312 cm³/mol. The molecule has 15 rings (SSSR count). The van der Waals surface area contributed by atoms with Crippen LogP contribution in [0.1, 0.15) is 44.5 Å². The Morgan fingerprint density at radius 3 is 1.30 bits per heavy atom. The van der Waals surface area contributed by atoms with Crippen molar-refractivity contribution in [3.05, 3.63) is 336 Å². The van der Waals surface area contributed by atoms with Crippen LogP contribution in [0.2, 0.25) is 0 Å². The summed E-state index contributed by atoms with van der Waals surface area (Å²) >= 11 is 0. The zero-order valence-electron chi connectivity index (χ0n) is 41.5. The van der Waals surface area contributed by atoms with E-state index in [0.29, 0.717) is 0 Å². The van der Waals surface area contributed by atoms with Gasteiger partial charge in [-0.15, -0.1) is 0 Å². The molecule has 13 aromatic rings. The second kappa shape index (κ2) is 17.4. The molecular weight excluding hydrogens is 921 g/mol. The van der Waals surface area contributed by atoms with E-state index in [1.54, 1.807) is 0 Å². The Bertz CT molecular complexity index is 4310. The van der Waals surface area contributed by atoms with E-state index >= 15 is 0 Å². The third-order valence-corrected chi connectivity index (χ3v) is 16.3. The van der Waals surface area contributed by atoms with Crippen LogP contribution in [-0.2, 0) is 10.8 Å². The Labute approximate surface area is 442 Å². The maximum absolute atomic E-state index is 7.08. The lowest BCUT2D eigenvalue weighted by molar-refractivity contribution is 0.434. The molecule has 0 saturated carbocycles. The Morgan fingerprint density at radius 2 is 0.658 bits per heavy atom. The second-order valence-corrected chi connectivity index (χ2v) is 20.1. The molecule has 0 unspecified atom stereocenters. The van der Waals surface area contributed by atoms with Gasteiger partial charge in [0.2, 0.25) is 0 Å². The summed E-state index contributed by atoms with van der Waals surface area (Å²) in [7, 11) is 0. The second-order valence-electron chi connectivity index (χ2n) is 20.1. The molecule has 0 radical (unpaired) electrons. The van der Waals surface area contributed by atoms with Crippen molar-refractivity contribution < 1.29 is 9.47 Å². The predicted octanol–water partition coefficient (Wildman–Crippen LogP) is 19.1. The Morgan fingerprint density at radius 1 is 0.237 bits per heavy atom. The number of fused-ring (bicyclic) bond motifs is 7. The number of benzene rings is 13. The van der Waals surface area contributed by atoms with Crippen LogP contribution >= 0.6 is 0 Å². The molecule has 2 heteroatoms. The summed E-state index contributed by atoms with van der Waals surface area (Å²) in [6.07, 6.45) is 0. The zero-order chi connectivity index (χ0) is 50.2. The standard InChI is InChI=1S/C74H48O2/c1-5-25-51(26-6-1)73(52-27-7-2-8-28-52)64-40-15-17-42-67(64)75-69-46-45-50(47-66(69)73)56-34-20-37-59-62(56)48-63-57(35-21-38-60(63)71(59)58-36-19-24-49-23-13-14-33-55(49)58)61-39-22-44-70-72(61)74(53-29-9-3-10-30-53,54-31-11-4-12-32-54)65-41-16-18-43-68(65)76-70/h1-48H. The summed E-state index contributed by atoms with van der Waals surface area (Å²) in [5.74, 6) is 3.40. The van der Waals surface area contributed by atoms with Gasteiger partial charge in [0.05, 0.1) is 10.8 Å². The topological polar surface area (TPSA) is 18.5 Å². The van der Waals surface area contributed by atoms with Crippen molar-refractivity contribution in [1.29, 1.82) is 0 Å². The van der Waals surface area contributed by atoms with E-state index in [1.165, 1.54) is 54.9 Å². The Hall–Kier alpha value is -9.76. The van der Waals surface area contributed by atoms with Gasteiger partial charge in [-0.25, -0.2) is 0 Å². The SMILES string of the molecule is c1ccc(C2(c3ccccc3)c3ccccc3Oc3ccc(-c4cccc5c(-c6cccc7ccccc67)c6cccc(-c7cccc8c7C(c7ccccc7)(c7ccccc7)c7ccccc7O8)c6cc45)cc32)cc1. The fraction of sp³-hybridized carbons (Fsp3) is 0.0270. The smallest absolute Gasteiger partial charge is 0.132 e. The first-order valence-corrected chi connectivity index (χ1v) is 26.2. The number of para-hydroxylation sites is 2. The fourth-order valence-corrected chi connectivity index (χ4v) is 13.2. The highest BCUT2D eigenvalue weighted by atomic mass is 16.5. The van der Waals surface area contributed by atoms with Crippen LogP contribution in [0, 0.1) is 0 Å². The van der Waals surface area contributed by atoms with Gasteiger partial charge in [-0.1, -0.05) is 255 Å². The molecule has 0 fully saturated rings. The van der Waals surface area contributed by atoms with E-state index in [9.17, 15) is 0 Å². The molecule has 0 bridgehead atoms. The molecule has 2 heterocycles. The van der Waals surface area contributed by atoms with Crippen molar-refractivity contribution in [2.24, 2.45) is 0 Å². The molecule has 0 aromatic heterocycles. The van der Waals surface area contributed by atoms with Gasteiger partial charge >= 0.3 is 0 Å². The first-order chi connectivity index (χ1) is 37.7. The van der Waals surface area contributed by atoms with Gasteiger partial charge in [0.25, 0.3) is 0 Å². The lowest BCUT2D eigenvalue weighted by atomic mass is 9.62. The van der Waals surface area contributed by atoms with Crippen LogP contribution in [0.25, 0.3) is 65.7 Å². The first kappa shape index (κ1) is 43.8. The highest BCUT2D eigenvalue weighted by Gasteiger charge is 2.48. The summed E-state index contributed by atoms with van der Waals surface area (Å²) in [5, 5.41) is 7.10. The van der Waals surface area contributed by atoms with Crippen molar-refractivity contribution in [1.82, 2.24) is 0 Å². The average molecular weight is 969 g/mol. The molecule has 0 aliphatic carbocycles. The third-order valence-electron chi connectivity index (χ3n) is 16.3. The summed E-state index contributed by atoms with van der Waals surface area (Å²) in [5.41, 5.74) is 14.7. The number of rotatable bonds is 7. The number of hydrogen-bond donors (Lipinski definition) is 0. The van der Waals surface area contributed by atoms with E-state index in [-0.39, 0.29) is 0 Å². The van der Waals surface area contributed by atoms with E-state index in [2.05, 4.69) is 291 Å². The van der Waals surface area contributed by atoms with E-state index in [0.717, 1.165) is 78.3 Å². The molecule has 2 nitrogen and oxygen atoms in total. The summed E-state index contributed by atoms with van der Waals surface area (Å²) < 4.78 is 14.0. The maximum atomic E-state index is 7.08. The van der Waals surface area contributed by atoms with Crippen LogP contribution < -0.4 is 9.47 Å². The molecule has 13 aromatic carbocycles. The number of hydrogen-bond acceptors (Lipinski definition) is 2. The van der Waals surface area contributed by atoms with Gasteiger partial charge < -0.3 is 9.47 Å². The fourth-order valence-electron chi connectivity index (χ4n) is 13.2. The van der Waals surface area contributed by atoms with E-state index in [1.807, 2.05) is 0 Å².